The number of nitrogens with one attached hydrogen (secondary N) is 2. The molecule has 0 saturated carbocycles. The van der Waals surface area contributed by atoms with Crippen LogP contribution in [-0.4, -0.2) is 16.1 Å². The summed E-state index contributed by atoms with van der Waals surface area (Å²) in [6.45, 7) is 13.7. The number of hydrogen-bond donors (Lipinski definition) is 2. The van der Waals surface area contributed by atoms with Gasteiger partial charge < -0.3 is 10.6 Å². The van der Waals surface area contributed by atoms with Crippen LogP contribution in [0.2, 0.25) is 0 Å². The van der Waals surface area contributed by atoms with Crippen molar-refractivity contribution in [3.8, 4) is 0 Å². The van der Waals surface area contributed by atoms with Crippen LogP contribution in [0.25, 0.3) is 0 Å². The van der Waals surface area contributed by atoms with Gasteiger partial charge in [-0.15, -0.1) is 0 Å². The molecule has 96 valence electrons. The molecule has 0 aliphatic rings. The summed E-state index contributed by atoms with van der Waals surface area (Å²) in [5, 5.41) is 6.79. The third kappa shape index (κ3) is 6.27. The van der Waals surface area contributed by atoms with E-state index in [4.69, 9.17) is 0 Å². The van der Waals surface area contributed by atoms with Crippen molar-refractivity contribution in [1.82, 2.24) is 10.3 Å². The second-order valence-corrected chi connectivity index (χ2v) is 6.53. The summed E-state index contributed by atoms with van der Waals surface area (Å²) in [6.07, 6.45) is 1.92. The lowest BCUT2D eigenvalue weighted by atomic mass is 10.1. The quantitative estimate of drug-likeness (QED) is 0.845. The zero-order chi connectivity index (χ0) is 13.1. The summed E-state index contributed by atoms with van der Waals surface area (Å²) < 4.78 is 0. The van der Waals surface area contributed by atoms with Crippen molar-refractivity contribution in [3.63, 3.8) is 0 Å². The van der Waals surface area contributed by atoms with Gasteiger partial charge in [0.15, 0.2) is 0 Å². The second-order valence-electron chi connectivity index (χ2n) is 6.53. The Labute approximate surface area is 105 Å². The summed E-state index contributed by atoms with van der Waals surface area (Å²) >= 11 is 0. The molecule has 3 nitrogen and oxygen atoms in total. The molecule has 0 fully saturated rings. The van der Waals surface area contributed by atoms with Gasteiger partial charge in [-0.1, -0.05) is 6.07 Å². The molecule has 0 unspecified atom stereocenters. The molecule has 1 aromatic rings. The van der Waals surface area contributed by atoms with E-state index in [1.54, 1.807) is 0 Å². The predicted octanol–water partition coefficient (Wildman–Crippen LogP) is 3.18. The molecule has 3 heteroatoms. The normalized spacial score (nSPS) is 12.6. The molecular weight excluding hydrogens is 210 g/mol. The lowest BCUT2D eigenvalue weighted by molar-refractivity contribution is 0.424. The number of pyridine rings is 1. The third-order valence-corrected chi connectivity index (χ3v) is 2.15. The summed E-state index contributed by atoms with van der Waals surface area (Å²) in [5.41, 5.74) is 1.40. The van der Waals surface area contributed by atoms with E-state index in [-0.39, 0.29) is 11.1 Å². The van der Waals surface area contributed by atoms with E-state index in [0.29, 0.717) is 0 Å². The summed E-state index contributed by atoms with van der Waals surface area (Å²) in [4.78, 5) is 4.41. The van der Waals surface area contributed by atoms with Crippen LogP contribution in [0, 0.1) is 0 Å². The van der Waals surface area contributed by atoms with Gasteiger partial charge in [-0.05, 0) is 53.2 Å². The van der Waals surface area contributed by atoms with Crippen molar-refractivity contribution in [3.05, 3.63) is 23.9 Å². The fraction of sp³-hybridized carbons (Fsp3) is 0.643. The van der Waals surface area contributed by atoms with Gasteiger partial charge in [0.1, 0.15) is 5.82 Å². The first-order valence-electron chi connectivity index (χ1n) is 6.14. The van der Waals surface area contributed by atoms with Crippen LogP contribution >= 0.6 is 0 Å². The number of aromatic nitrogens is 1. The molecule has 0 amide bonds. The maximum atomic E-state index is 4.41. The van der Waals surface area contributed by atoms with Gasteiger partial charge >= 0.3 is 0 Å². The molecule has 17 heavy (non-hydrogen) atoms. The van der Waals surface area contributed by atoms with Gasteiger partial charge in [0, 0.05) is 23.8 Å². The monoisotopic (exact) mass is 235 g/mol. The average Bonchev–Trinajstić information content (AvgIpc) is 2.13. The van der Waals surface area contributed by atoms with Crippen molar-refractivity contribution in [1.29, 1.82) is 0 Å². The first kappa shape index (κ1) is 14.0. The molecule has 0 bridgehead atoms. The Morgan fingerprint density at radius 1 is 1.00 bits per heavy atom. The molecule has 0 aromatic carbocycles. The Bertz CT molecular complexity index is 341. The maximum absolute atomic E-state index is 4.41. The highest BCUT2D eigenvalue weighted by Crippen LogP contribution is 2.12. The van der Waals surface area contributed by atoms with E-state index < -0.39 is 0 Å². The molecule has 1 rings (SSSR count). The fourth-order valence-electron chi connectivity index (χ4n) is 1.35. The SMILES string of the molecule is CC(C)(C)NCc1ccc(NC(C)(C)C)nc1. The number of anilines is 1. The Morgan fingerprint density at radius 3 is 2.06 bits per heavy atom. The van der Waals surface area contributed by atoms with E-state index in [1.807, 2.05) is 12.3 Å². The molecule has 2 N–H and O–H groups in total. The molecule has 0 spiro atoms. The zero-order valence-electron chi connectivity index (χ0n) is 11.9. The van der Waals surface area contributed by atoms with Gasteiger partial charge in [0.25, 0.3) is 0 Å². The minimum absolute atomic E-state index is 0.0537. The Morgan fingerprint density at radius 2 is 1.65 bits per heavy atom. The largest absolute Gasteiger partial charge is 0.365 e. The molecule has 0 atom stereocenters. The van der Waals surface area contributed by atoms with Crippen molar-refractivity contribution in [2.75, 3.05) is 5.32 Å². The number of hydrogen-bond acceptors (Lipinski definition) is 3. The van der Waals surface area contributed by atoms with E-state index in [9.17, 15) is 0 Å². The average molecular weight is 235 g/mol. The first-order chi connectivity index (χ1) is 7.66. The van der Waals surface area contributed by atoms with Crippen molar-refractivity contribution < 1.29 is 0 Å². The Hall–Kier alpha value is -1.09. The van der Waals surface area contributed by atoms with E-state index in [2.05, 4.69) is 63.2 Å². The minimum Gasteiger partial charge on any atom is -0.365 e. The topological polar surface area (TPSA) is 37.0 Å². The van der Waals surface area contributed by atoms with Crippen molar-refractivity contribution >= 4 is 5.82 Å². The van der Waals surface area contributed by atoms with Crippen molar-refractivity contribution in [2.24, 2.45) is 0 Å². The molecular formula is C14H25N3. The van der Waals surface area contributed by atoms with Crippen LogP contribution in [0.4, 0.5) is 5.82 Å². The number of nitrogens with zero attached hydrogens (tertiary/aromatic N) is 1. The highest BCUT2D eigenvalue weighted by molar-refractivity contribution is 5.37. The van der Waals surface area contributed by atoms with Gasteiger partial charge in [0.2, 0.25) is 0 Å². The molecule has 0 aliphatic heterocycles. The highest BCUT2D eigenvalue weighted by atomic mass is 15.0. The second kappa shape index (κ2) is 5.05. The summed E-state index contributed by atoms with van der Waals surface area (Å²) in [7, 11) is 0. The standard InChI is InChI=1S/C14H25N3/c1-13(2,3)16-10-11-7-8-12(15-9-11)17-14(4,5)6/h7-9,16H,10H2,1-6H3,(H,15,17). The zero-order valence-corrected chi connectivity index (χ0v) is 11.9. The van der Waals surface area contributed by atoms with Crippen LogP contribution in [0.1, 0.15) is 47.1 Å². The maximum Gasteiger partial charge on any atom is 0.126 e. The predicted molar refractivity (Wildman–Crippen MR) is 74.2 cm³/mol. The van der Waals surface area contributed by atoms with Gasteiger partial charge in [0.05, 0.1) is 0 Å². The molecule has 1 aromatic heterocycles. The van der Waals surface area contributed by atoms with Crippen molar-refractivity contribution in [2.45, 2.75) is 59.2 Å². The Kier molecular flexibility index (Phi) is 4.15. The summed E-state index contributed by atoms with van der Waals surface area (Å²) in [6, 6.07) is 4.14. The molecule has 0 aliphatic carbocycles. The van der Waals surface area contributed by atoms with Gasteiger partial charge in [-0.25, -0.2) is 4.98 Å². The van der Waals surface area contributed by atoms with E-state index in [0.717, 1.165) is 12.4 Å². The van der Waals surface area contributed by atoms with E-state index >= 15 is 0 Å². The van der Waals surface area contributed by atoms with Gasteiger partial charge in [-0.3, -0.25) is 0 Å². The third-order valence-electron chi connectivity index (χ3n) is 2.15. The Balaban J connectivity index is 2.56. The molecule has 1 heterocycles. The van der Waals surface area contributed by atoms with Crippen LogP contribution in [-0.2, 0) is 6.54 Å². The lowest BCUT2D eigenvalue weighted by Gasteiger charge is -2.22. The van der Waals surface area contributed by atoms with E-state index in [1.165, 1.54) is 5.56 Å². The first-order valence-corrected chi connectivity index (χ1v) is 6.14. The molecule has 0 radical (unpaired) electrons. The minimum atomic E-state index is 0.0537. The lowest BCUT2D eigenvalue weighted by Crippen LogP contribution is -2.35. The fourth-order valence-corrected chi connectivity index (χ4v) is 1.35. The van der Waals surface area contributed by atoms with Crippen LogP contribution in [0.5, 0.6) is 0 Å². The van der Waals surface area contributed by atoms with Crippen LogP contribution in [0.15, 0.2) is 18.3 Å². The highest BCUT2D eigenvalue weighted by Gasteiger charge is 2.11. The van der Waals surface area contributed by atoms with Crippen LogP contribution < -0.4 is 10.6 Å². The molecule has 0 saturated heterocycles. The smallest absolute Gasteiger partial charge is 0.126 e. The van der Waals surface area contributed by atoms with Gasteiger partial charge in [-0.2, -0.15) is 0 Å². The number of rotatable bonds is 3. The van der Waals surface area contributed by atoms with Crippen LogP contribution in [0.3, 0.4) is 0 Å². The summed E-state index contributed by atoms with van der Waals surface area (Å²) in [5.74, 6) is 0.928.